The molecule has 0 saturated heterocycles. The molecule has 7 rings (SSSR count). The molecule has 0 aliphatic carbocycles. The lowest BCUT2D eigenvalue weighted by molar-refractivity contribution is -0.385. The number of hydrogen-bond donors (Lipinski definition) is 0. The van der Waals surface area contributed by atoms with E-state index < -0.39 is 9.85 Å². The van der Waals surface area contributed by atoms with Gasteiger partial charge in [-0.25, -0.2) is 19.3 Å². The summed E-state index contributed by atoms with van der Waals surface area (Å²) in [5.41, 5.74) is 4.84. The van der Waals surface area contributed by atoms with E-state index in [2.05, 4.69) is 0 Å². The number of aromatic nitrogens is 6. The Morgan fingerprint density at radius 2 is 0.896 bits per heavy atom. The molecule has 234 valence electrons. The van der Waals surface area contributed by atoms with Crippen LogP contribution in [0.25, 0.3) is 34.2 Å². The molecule has 0 radical (unpaired) electrons. The van der Waals surface area contributed by atoms with Gasteiger partial charge in [0.2, 0.25) is 0 Å². The quantitative estimate of drug-likeness (QED) is 0.113. The molecule has 12 heteroatoms. The first-order chi connectivity index (χ1) is 23.4. The number of nitrogens with zero attached hydrogens (tertiary/aromatic N) is 8. The van der Waals surface area contributed by atoms with Gasteiger partial charge in [-0.1, -0.05) is 66.7 Å². The van der Waals surface area contributed by atoms with Gasteiger partial charge >= 0.3 is 0 Å². The van der Waals surface area contributed by atoms with Crippen LogP contribution in [0.15, 0.2) is 133 Å². The predicted octanol–water partition coefficient (Wildman–Crippen LogP) is 7.18. The average Bonchev–Trinajstić information content (AvgIpc) is 3.74. The second-order valence-electron chi connectivity index (χ2n) is 11.0. The number of hydrogen-bond acceptors (Lipinski definition) is 8. The van der Waals surface area contributed by atoms with Crippen molar-refractivity contribution >= 4 is 11.4 Å². The smallest absolute Gasteiger partial charge is 0.258 e. The summed E-state index contributed by atoms with van der Waals surface area (Å²) in [7, 11) is 0. The topological polar surface area (TPSA) is 148 Å². The minimum atomic E-state index is -0.439. The molecule has 5 aromatic carbocycles. The van der Waals surface area contributed by atoms with Crippen LogP contribution in [0, 0.1) is 20.2 Å². The van der Waals surface area contributed by atoms with Crippen molar-refractivity contribution in [1.29, 1.82) is 0 Å². The molecular weight excluding hydrogens is 608 g/mol. The molecule has 0 fully saturated rings. The van der Waals surface area contributed by atoms with Crippen LogP contribution in [0.1, 0.15) is 22.8 Å². The maximum Gasteiger partial charge on any atom is 0.269 e. The Labute approximate surface area is 273 Å². The van der Waals surface area contributed by atoms with Gasteiger partial charge in [-0.05, 0) is 53.6 Å². The zero-order valence-corrected chi connectivity index (χ0v) is 25.3. The maximum absolute atomic E-state index is 11.2. The number of nitro benzene ring substituents is 2. The van der Waals surface area contributed by atoms with E-state index in [4.69, 9.17) is 20.2 Å². The van der Waals surface area contributed by atoms with E-state index in [1.165, 1.54) is 24.3 Å². The second-order valence-corrected chi connectivity index (χ2v) is 11.0. The van der Waals surface area contributed by atoms with Gasteiger partial charge in [-0.15, -0.1) is 10.2 Å². The Morgan fingerprint density at radius 3 is 1.27 bits per heavy atom. The van der Waals surface area contributed by atoms with E-state index >= 15 is 0 Å². The van der Waals surface area contributed by atoms with E-state index in [0.29, 0.717) is 47.3 Å². The van der Waals surface area contributed by atoms with Crippen molar-refractivity contribution < 1.29 is 9.85 Å². The zero-order chi connectivity index (χ0) is 33.0. The average molecular weight is 635 g/mol. The monoisotopic (exact) mass is 634 g/mol. The molecule has 0 atom stereocenters. The first kappa shape index (κ1) is 29.9. The Balaban J connectivity index is 1.31. The van der Waals surface area contributed by atoms with Crippen molar-refractivity contribution in [3.05, 3.63) is 176 Å². The highest BCUT2D eigenvalue weighted by Gasteiger charge is 2.19. The van der Waals surface area contributed by atoms with Crippen molar-refractivity contribution in [3.63, 3.8) is 0 Å². The Bertz CT molecular complexity index is 2070. The van der Waals surface area contributed by atoms with E-state index in [1.807, 2.05) is 84.9 Å². The summed E-state index contributed by atoms with van der Waals surface area (Å²) in [6.45, 7) is 0. The van der Waals surface area contributed by atoms with Gasteiger partial charge in [0.1, 0.15) is 11.6 Å². The van der Waals surface area contributed by atoms with Gasteiger partial charge in [0.25, 0.3) is 11.4 Å². The standard InChI is InChI=1S/C36H26N8O4/c45-43(46)29-18-14-27(15-19-29)35-37-33(22-25-8-3-1-4-9-25)41(39-35)31-12-7-13-32(24-31)42-34(23-26-10-5-2-6-11-26)38-36(40-42)28-16-20-30(21-17-28)44(47)48/h1-21,24H,22-23H2. The molecule has 2 aromatic heterocycles. The lowest BCUT2D eigenvalue weighted by Crippen LogP contribution is -2.07. The van der Waals surface area contributed by atoms with Crippen LogP contribution in [0.3, 0.4) is 0 Å². The van der Waals surface area contributed by atoms with Gasteiger partial charge in [-0.3, -0.25) is 20.2 Å². The molecule has 0 spiro atoms. The van der Waals surface area contributed by atoms with E-state index in [0.717, 1.165) is 22.5 Å². The molecule has 7 aromatic rings. The summed E-state index contributed by atoms with van der Waals surface area (Å²) in [6, 6.07) is 39.9. The molecule has 12 nitrogen and oxygen atoms in total. The Kier molecular flexibility index (Phi) is 8.02. The van der Waals surface area contributed by atoms with Crippen LogP contribution >= 0.6 is 0 Å². The predicted molar refractivity (Wildman–Crippen MR) is 179 cm³/mol. The van der Waals surface area contributed by atoms with Crippen LogP contribution in [0.5, 0.6) is 0 Å². The lowest BCUT2D eigenvalue weighted by Gasteiger charge is -2.10. The number of rotatable bonds is 10. The van der Waals surface area contributed by atoms with Crippen molar-refractivity contribution in [2.75, 3.05) is 0 Å². The van der Waals surface area contributed by atoms with Crippen LogP contribution in [0.4, 0.5) is 11.4 Å². The summed E-state index contributed by atoms with van der Waals surface area (Å²) in [5.74, 6) is 2.24. The molecule has 0 aliphatic rings. The largest absolute Gasteiger partial charge is 0.269 e. The summed E-state index contributed by atoms with van der Waals surface area (Å²) >= 11 is 0. The Morgan fingerprint density at radius 1 is 0.500 bits per heavy atom. The second kappa shape index (κ2) is 12.9. The molecule has 0 bridgehead atoms. The van der Waals surface area contributed by atoms with E-state index in [1.54, 1.807) is 33.6 Å². The van der Waals surface area contributed by atoms with Crippen LogP contribution < -0.4 is 0 Å². The number of benzene rings is 5. The van der Waals surface area contributed by atoms with Gasteiger partial charge in [0.05, 0.1) is 21.2 Å². The van der Waals surface area contributed by atoms with Gasteiger partial charge in [0, 0.05) is 48.2 Å². The highest BCUT2D eigenvalue weighted by molar-refractivity contribution is 5.59. The van der Waals surface area contributed by atoms with Crippen LogP contribution in [-0.4, -0.2) is 39.4 Å². The van der Waals surface area contributed by atoms with Crippen molar-refractivity contribution in [2.24, 2.45) is 0 Å². The lowest BCUT2D eigenvalue weighted by atomic mass is 10.1. The van der Waals surface area contributed by atoms with Crippen molar-refractivity contribution in [3.8, 4) is 34.2 Å². The van der Waals surface area contributed by atoms with Gasteiger partial charge in [-0.2, -0.15) is 0 Å². The molecule has 0 amide bonds. The first-order valence-electron chi connectivity index (χ1n) is 15.0. The Hall–Kier alpha value is -6.82. The summed E-state index contributed by atoms with van der Waals surface area (Å²) < 4.78 is 3.55. The molecule has 0 saturated carbocycles. The summed E-state index contributed by atoms with van der Waals surface area (Å²) in [4.78, 5) is 31.3. The van der Waals surface area contributed by atoms with Crippen LogP contribution in [-0.2, 0) is 12.8 Å². The van der Waals surface area contributed by atoms with Gasteiger partial charge in [0.15, 0.2) is 11.6 Å². The molecule has 0 unspecified atom stereocenters. The highest BCUT2D eigenvalue weighted by atomic mass is 16.6. The molecule has 0 N–H and O–H groups in total. The maximum atomic E-state index is 11.2. The minimum absolute atomic E-state index is 0.0115. The third-order valence-corrected chi connectivity index (χ3v) is 7.75. The molecular formula is C36H26N8O4. The number of non-ortho nitro benzene ring substituents is 2. The third kappa shape index (κ3) is 6.30. The first-order valence-corrected chi connectivity index (χ1v) is 15.0. The highest BCUT2D eigenvalue weighted by Crippen LogP contribution is 2.26. The van der Waals surface area contributed by atoms with Crippen molar-refractivity contribution in [2.45, 2.75) is 12.8 Å². The fourth-order valence-electron chi connectivity index (χ4n) is 5.35. The SMILES string of the molecule is O=[N+]([O-])c1ccc(-c2nc(Cc3ccccc3)n(-c3cccc(-n4nc(-c5ccc([N+](=O)[O-])cc5)nc4Cc4ccccc4)c3)n2)cc1. The van der Waals surface area contributed by atoms with E-state index in [9.17, 15) is 20.2 Å². The summed E-state index contributed by atoms with van der Waals surface area (Å²) in [6.07, 6.45) is 0.996. The van der Waals surface area contributed by atoms with Crippen molar-refractivity contribution in [1.82, 2.24) is 29.5 Å². The van der Waals surface area contributed by atoms with E-state index in [-0.39, 0.29) is 11.4 Å². The fraction of sp³-hybridized carbons (Fsp3) is 0.0556. The van der Waals surface area contributed by atoms with Crippen LogP contribution in [0.2, 0.25) is 0 Å². The van der Waals surface area contributed by atoms with Gasteiger partial charge < -0.3 is 0 Å². The summed E-state index contributed by atoms with van der Waals surface area (Å²) in [5, 5.41) is 32.2. The normalized spacial score (nSPS) is 11.0. The minimum Gasteiger partial charge on any atom is -0.258 e. The third-order valence-electron chi connectivity index (χ3n) is 7.75. The zero-order valence-electron chi connectivity index (χ0n) is 25.3. The molecule has 0 aliphatic heterocycles. The molecule has 48 heavy (non-hydrogen) atoms. The fourth-order valence-corrected chi connectivity index (χ4v) is 5.35. The number of nitro groups is 2. The molecule has 2 heterocycles.